The second-order valence-electron chi connectivity index (χ2n) is 7.27. The highest BCUT2D eigenvalue weighted by Gasteiger charge is 2.37. The molecule has 0 unspecified atom stereocenters. The van der Waals surface area contributed by atoms with Crippen molar-refractivity contribution in [2.75, 3.05) is 6.54 Å². The van der Waals surface area contributed by atoms with Gasteiger partial charge in [0.1, 0.15) is 18.9 Å². The molecule has 1 saturated heterocycles. The molecule has 0 saturated carbocycles. The van der Waals surface area contributed by atoms with Crippen LogP contribution >= 0.6 is 27.7 Å². The number of thioether (sulfide) groups is 1. The first kappa shape index (κ1) is 23.1. The molecule has 1 aliphatic rings. The topological polar surface area (TPSA) is 72.9 Å². The lowest BCUT2D eigenvalue weighted by Crippen LogP contribution is -2.35. The number of ether oxygens (including phenoxy) is 2. The Bertz CT molecular complexity index is 1050. The lowest BCUT2D eigenvalue weighted by molar-refractivity contribution is -0.149. The summed E-state index contributed by atoms with van der Waals surface area (Å²) in [5, 5.41) is -0.505. The first-order valence-corrected chi connectivity index (χ1v) is 11.3. The molecule has 2 aromatic rings. The minimum atomic E-state index is -0.622. The van der Waals surface area contributed by atoms with Crippen LogP contribution in [0.15, 0.2) is 51.8 Å². The molecule has 2 amide bonds. The smallest absolute Gasteiger partial charge is 0.326 e. The molecule has 0 bridgehead atoms. The zero-order chi connectivity index (χ0) is 22.5. The summed E-state index contributed by atoms with van der Waals surface area (Å²) in [5.41, 5.74) is 2.82. The number of benzene rings is 2. The number of nitrogens with zero attached hydrogens (tertiary/aromatic N) is 1. The Morgan fingerprint density at radius 1 is 1.19 bits per heavy atom. The molecule has 2 aromatic carbocycles. The van der Waals surface area contributed by atoms with E-state index in [2.05, 4.69) is 15.9 Å². The maximum absolute atomic E-state index is 12.7. The van der Waals surface area contributed by atoms with Crippen LogP contribution in [0, 0.1) is 6.92 Å². The van der Waals surface area contributed by atoms with Crippen LogP contribution in [0.3, 0.4) is 0 Å². The lowest BCUT2D eigenvalue weighted by Gasteiger charge is -2.13. The highest BCUT2D eigenvalue weighted by atomic mass is 79.9. The molecule has 0 aliphatic carbocycles. The number of rotatable bonds is 7. The molecule has 8 heteroatoms. The summed E-state index contributed by atoms with van der Waals surface area (Å²) in [4.78, 5) is 38.0. The third-order valence-corrected chi connectivity index (χ3v) is 5.66. The molecule has 1 aliphatic heterocycles. The standard InChI is InChI=1S/C23H22BrNO5S/c1-14(2)30-21(26)12-25-22(27)20(31-23(25)28)11-17-10-18(24)7-8-19(17)29-13-16-6-4-5-15(3)9-16/h4-11,14H,12-13H2,1-3H3/b20-11+. The van der Waals surface area contributed by atoms with Gasteiger partial charge >= 0.3 is 5.97 Å². The van der Waals surface area contributed by atoms with Crippen molar-refractivity contribution < 1.29 is 23.9 Å². The minimum Gasteiger partial charge on any atom is -0.488 e. The van der Waals surface area contributed by atoms with Gasteiger partial charge in [0.05, 0.1) is 11.0 Å². The van der Waals surface area contributed by atoms with Crippen molar-refractivity contribution in [2.24, 2.45) is 0 Å². The molecule has 0 spiro atoms. The van der Waals surface area contributed by atoms with Gasteiger partial charge in [0, 0.05) is 10.0 Å². The molecule has 1 heterocycles. The zero-order valence-electron chi connectivity index (χ0n) is 17.4. The summed E-state index contributed by atoms with van der Waals surface area (Å²) in [6.45, 7) is 5.39. The van der Waals surface area contributed by atoms with Gasteiger partial charge in [-0.1, -0.05) is 45.8 Å². The Hall–Kier alpha value is -2.58. The van der Waals surface area contributed by atoms with Gasteiger partial charge in [-0.15, -0.1) is 0 Å². The normalized spacial score (nSPS) is 15.1. The van der Waals surface area contributed by atoms with Crippen LogP contribution in [0.5, 0.6) is 5.75 Å². The van der Waals surface area contributed by atoms with E-state index in [1.807, 2.05) is 43.3 Å². The number of halogens is 1. The van der Waals surface area contributed by atoms with Crippen molar-refractivity contribution in [3.63, 3.8) is 0 Å². The van der Waals surface area contributed by atoms with Crippen LogP contribution in [0.1, 0.15) is 30.5 Å². The third kappa shape index (κ3) is 6.21. The number of hydrogen-bond donors (Lipinski definition) is 0. The van der Waals surface area contributed by atoms with E-state index in [1.54, 1.807) is 26.0 Å². The van der Waals surface area contributed by atoms with Crippen LogP contribution in [0.2, 0.25) is 0 Å². The van der Waals surface area contributed by atoms with Crippen LogP contribution in [0.4, 0.5) is 4.79 Å². The van der Waals surface area contributed by atoms with Gasteiger partial charge in [0.15, 0.2) is 0 Å². The number of carbonyl (C=O) groups excluding carboxylic acids is 3. The van der Waals surface area contributed by atoms with Crippen LogP contribution < -0.4 is 4.74 Å². The second-order valence-corrected chi connectivity index (χ2v) is 9.18. The fraction of sp³-hybridized carbons (Fsp3) is 0.261. The van der Waals surface area contributed by atoms with Crippen molar-refractivity contribution in [1.29, 1.82) is 0 Å². The average Bonchev–Trinajstić information content (AvgIpc) is 2.94. The van der Waals surface area contributed by atoms with E-state index in [0.29, 0.717) is 17.9 Å². The number of hydrogen-bond acceptors (Lipinski definition) is 6. The zero-order valence-corrected chi connectivity index (χ0v) is 19.8. The predicted molar refractivity (Wildman–Crippen MR) is 124 cm³/mol. The molecule has 1 fully saturated rings. The van der Waals surface area contributed by atoms with Crippen LogP contribution in [0.25, 0.3) is 6.08 Å². The summed E-state index contributed by atoms with van der Waals surface area (Å²) in [7, 11) is 0. The van der Waals surface area contributed by atoms with Crippen molar-refractivity contribution in [3.05, 3.63) is 68.5 Å². The van der Waals surface area contributed by atoms with Crippen molar-refractivity contribution >= 4 is 50.9 Å². The van der Waals surface area contributed by atoms with E-state index in [4.69, 9.17) is 9.47 Å². The summed E-state index contributed by atoms with van der Waals surface area (Å²) in [6.07, 6.45) is 1.28. The van der Waals surface area contributed by atoms with Crippen molar-refractivity contribution in [3.8, 4) is 5.75 Å². The molecule has 31 heavy (non-hydrogen) atoms. The van der Waals surface area contributed by atoms with Crippen molar-refractivity contribution in [1.82, 2.24) is 4.90 Å². The van der Waals surface area contributed by atoms with E-state index in [-0.39, 0.29) is 11.0 Å². The number of carbonyl (C=O) groups is 3. The van der Waals surface area contributed by atoms with Gasteiger partial charge < -0.3 is 9.47 Å². The van der Waals surface area contributed by atoms with Gasteiger partial charge in [-0.05, 0) is 62.4 Å². The number of aryl methyl sites for hydroxylation is 1. The fourth-order valence-electron chi connectivity index (χ4n) is 2.93. The number of imide groups is 1. The maximum atomic E-state index is 12.7. The van der Waals surface area contributed by atoms with Gasteiger partial charge in [0.2, 0.25) is 0 Å². The molecule has 0 radical (unpaired) electrons. The highest BCUT2D eigenvalue weighted by Crippen LogP contribution is 2.35. The SMILES string of the molecule is Cc1cccc(COc2ccc(Br)cc2/C=C2/SC(=O)N(CC(=O)OC(C)C)C2=O)c1. The quantitative estimate of drug-likeness (QED) is 0.375. The molecule has 3 rings (SSSR count). The molecule has 0 N–H and O–H groups in total. The largest absolute Gasteiger partial charge is 0.488 e. The van der Waals surface area contributed by atoms with Gasteiger partial charge in [0.25, 0.3) is 11.1 Å². The first-order chi connectivity index (χ1) is 14.7. The van der Waals surface area contributed by atoms with Crippen LogP contribution in [-0.2, 0) is 20.9 Å². The predicted octanol–water partition coefficient (Wildman–Crippen LogP) is 5.32. The average molecular weight is 504 g/mol. The van der Waals surface area contributed by atoms with E-state index in [0.717, 1.165) is 32.3 Å². The number of amides is 2. The van der Waals surface area contributed by atoms with E-state index < -0.39 is 23.7 Å². The summed E-state index contributed by atoms with van der Waals surface area (Å²) >= 11 is 4.22. The molecule has 0 aromatic heterocycles. The van der Waals surface area contributed by atoms with Gasteiger partial charge in [-0.25, -0.2) is 0 Å². The van der Waals surface area contributed by atoms with Crippen LogP contribution in [-0.4, -0.2) is 34.7 Å². The first-order valence-electron chi connectivity index (χ1n) is 9.65. The van der Waals surface area contributed by atoms with Crippen molar-refractivity contribution in [2.45, 2.75) is 33.5 Å². The summed E-state index contributed by atoms with van der Waals surface area (Å²) in [5.74, 6) is -0.570. The third-order valence-electron chi connectivity index (χ3n) is 4.26. The fourth-order valence-corrected chi connectivity index (χ4v) is 4.14. The van der Waals surface area contributed by atoms with E-state index in [9.17, 15) is 14.4 Å². The molecule has 0 atom stereocenters. The molecule has 162 valence electrons. The Labute approximate surface area is 193 Å². The molecular formula is C23H22BrNO5S. The summed E-state index contributed by atoms with van der Waals surface area (Å²) < 4.78 is 11.8. The monoisotopic (exact) mass is 503 g/mol. The number of esters is 1. The maximum Gasteiger partial charge on any atom is 0.326 e. The Balaban J connectivity index is 1.79. The Morgan fingerprint density at radius 3 is 2.68 bits per heavy atom. The van der Waals surface area contributed by atoms with E-state index in [1.165, 1.54) is 0 Å². The molecule has 6 nitrogen and oxygen atoms in total. The Kier molecular flexibility index (Phi) is 7.56. The van der Waals surface area contributed by atoms with Gasteiger partial charge in [-0.2, -0.15) is 0 Å². The summed E-state index contributed by atoms with van der Waals surface area (Å²) in [6, 6.07) is 13.5. The second kappa shape index (κ2) is 10.2. The lowest BCUT2D eigenvalue weighted by atomic mass is 10.1. The Morgan fingerprint density at radius 2 is 1.97 bits per heavy atom. The van der Waals surface area contributed by atoms with Gasteiger partial charge in [-0.3, -0.25) is 19.3 Å². The minimum absolute atomic E-state index is 0.223. The molecular weight excluding hydrogens is 482 g/mol. The van der Waals surface area contributed by atoms with E-state index >= 15 is 0 Å². The highest BCUT2D eigenvalue weighted by molar-refractivity contribution is 9.10.